The second-order valence-electron chi connectivity index (χ2n) is 7.53. The second kappa shape index (κ2) is 8.31. The first-order valence-corrected chi connectivity index (χ1v) is 9.79. The molecule has 2 heterocycles. The molecular weight excluding hydrogens is 370 g/mol. The number of benzene rings is 1. The minimum Gasteiger partial charge on any atom is -0.384 e. The van der Waals surface area contributed by atoms with Crippen molar-refractivity contribution in [2.24, 2.45) is 11.8 Å². The van der Waals surface area contributed by atoms with Gasteiger partial charge in [0, 0.05) is 43.5 Å². The first kappa shape index (κ1) is 19.5. The molecule has 0 bridgehead atoms. The first-order chi connectivity index (χ1) is 14.1. The number of carbonyl (C=O) groups is 2. The Morgan fingerprint density at radius 2 is 1.90 bits per heavy atom. The van der Waals surface area contributed by atoms with Crippen molar-refractivity contribution in [3.63, 3.8) is 0 Å². The molecule has 7 heteroatoms. The minimum absolute atomic E-state index is 0.153. The Balaban J connectivity index is 1.66. The lowest BCUT2D eigenvalue weighted by Crippen LogP contribution is -2.31. The molecule has 4 rings (SSSR count). The Morgan fingerprint density at radius 1 is 1.17 bits per heavy atom. The molecule has 1 aliphatic carbocycles. The van der Waals surface area contributed by atoms with Crippen molar-refractivity contribution in [3.05, 3.63) is 65.0 Å². The molecule has 1 saturated heterocycles. The summed E-state index contributed by atoms with van der Waals surface area (Å²) in [5, 5.41) is 5.67. The highest BCUT2D eigenvalue weighted by atomic mass is 16.5. The average molecular weight is 395 g/mol. The molecule has 29 heavy (non-hydrogen) atoms. The van der Waals surface area contributed by atoms with Crippen molar-refractivity contribution in [2.45, 2.75) is 12.0 Å². The van der Waals surface area contributed by atoms with Crippen molar-refractivity contribution in [1.29, 1.82) is 0 Å². The Bertz CT molecular complexity index is 892. The van der Waals surface area contributed by atoms with E-state index in [0.717, 1.165) is 5.56 Å². The summed E-state index contributed by atoms with van der Waals surface area (Å²) in [5.74, 6) is 0.101. The summed E-state index contributed by atoms with van der Waals surface area (Å²) in [6, 6.07) is 13.3. The lowest BCUT2D eigenvalue weighted by Gasteiger charge is -2.18. The van der Waals surface area contributed by atoms with Crippen LogP contribution in [-0.4, -0.2) is 56.8 Å². The maximum Gasteiger partial charge on any atom is 0.269 e. The highest BCUT2D eigenvalue weighted by molar-refractivity contribution is 5.99. The summed E-state index contributed by atoms with van der Waals surface area (Å²) in [6.45, 7) is 1.79. The number of nitrogens with zero attached hydrogens (tertiary/aromatic N) is 1. The molecule has 0 spiro atoms. The van der Waals surface area contributed by atoms with Crippen LogP contribution >= 0.6 is 0 Å². The molecule has 2 aromatic rings. The fraction of sp³-hybridized carbons (Fsp3) is 0.409. The van der Waals surface area contributed by atoms with Gasteiger partial charge in [0.05, 0.1) is 25.5 Å². The molecule has 152 valence electrons. The molecule has 2 aliphatic rings. The fourth-order valence-electron chi connectivity index (χ4n) is 4.00. The molecule has 2 N–H and O–H groups in total. The van der Waals surface area contributed by atoms with E-state index in [1.54, 1.807) is 26.3 Å². The lowest BCUT2D eigenvalue weighted by molar-refractivity contribution is 0.0928. The number of aromatic nitrogens is 1. The van der Waals surface area contributed by atoms with Crippen LogP contribution in [0.5, 0.6) is 0 Å². The van der Waals surface area contributed by atoms with E-state index in [1.165, 1.54) is 0 Å². The van der Waals surface area contributed by atoms with Crippen molar-refractivity contribution in [3.8, 4) is 0 Å². The van der Waals surface area contributed by atoms with Gasteiger partial charge in [0.2, 0.25) is 0 Å². The van der Waals surface area contributed by atoms with Crippen LogP contribution in [-0.2, 0) is 9.47 Å². The minimum atomic E-state index is -0.332. The van der Waals surface area contributed by atoms with Gasteiger partial charge in [-0.2, -0.15) is 0 Å². The van der Waals surface area contributed by atoms with E-state index in [9.17, 15) is 9.59 Å². The number of hydrogen-bond acceptors (Lipinski definition) is 5. The quantitative estimate of drug-likeness (QED) is 0.743. The number of carbonyl (C=O) groups excluding carboxylic acids is 2. The van der Waals surface area contributed by atoms with Crippen molar-refractivity contribution in [2.75, 3.05) is 34.0 Å². The van der Waals surface area contributed by atoms with E-state index in [1.807, 2.05) is 30.3 Å². The molecule has 4 atom stereocenters. The van der Waals surface area contributed by atoms with E-state index in [-0.39, 0.29) is 29.5 Å². The molecule has 1 aliphatic heterocycles. The third-order valence-electron chi connectivity index (χ3n) is 5.71. The predicted molar refractivity (Wildman–Crippen MR) is 107 cm³/mol. The standard InChI is InChI=1S/C22H25N3O4/c1-23-22(27)19-9-14(21(26)25-20-16-11-29-12-17(16)20)8-18(24-19)15(10-28-2)13-6-4-3-5-7-13/h3-9,15-17,20H,10-12H2,1-2H3,(H,23,27)(H,25,26)/t15-,16-,17+,20+/m1/s1. The van der Waals surface area contributed by atoms with Gasteiger partial charge in [-0.05, 0) is 17.7 Å². The van der Waals surface area contributed by atoms with Crippen LogP contribution in [0, 0.1) is 11.8 Å². The van der Waals surface area contributed by atoms with Crippen LogP contribution in [0.4, 0.5) is 0 Å². The Hall–Kier alpha value is -2.77. The van der Waals surface area contributed by atoms with E-state index in [2.05, 4.69) is 15.6 Å². The van der Waals surface area contributed by atoms with Crippen molar-refractivity contribution < 1.29 is 19.1 Å². The molecule has 2 amide bonds. The van der Waals surface area contributed by atoms with Gasteiger partial charge in [-0.1, -0.05) is 30.3 Å². The normalized spacial score (nSPS) is 23.2. The van der Waals surface area contributed by atoms with E-state index < -0.39 is 0 Å². The zero-order valence-electron chi connectivity index (χ0n) is 16.6. The van der Waals surface area contributed by atoms with E-state index in [4.69, 9.17) is 9.47 Å². The highest BCUT2D eigenvalue weighted by Crippen LogP contribution is 2.44. The molecule has 2 fully saturated rings. The van der Waals surface area contributed by atoms with Crippen LogP contribution in [0.25, 0.3) is 0 Å². The van der Waals surface area contributed by atoms with Gasteiger partial charge in [0.1, 0.15) is 5.69 Å². The summed E-state index contributed by atoms with van der Waals surface area (Å²) in [6.07, 6.45) is 0. The smallest absolute Gasteiger partial charge is 0.269 e. The average Bonchev–Trinajstić information content (AvgIpc) is 3.17. The molecule has 0 radical (unpaired) electrons. The maximum absolute atomic E-state index is 12.9. The summed E-state index contributed by atoms with van der Waals surface area (Å²) in [5.41, 5.74) is 2.28. The van der Waals surface area contributed by atoms with Crippen molar-refractivity contribution in [1.82, 2.24) is 15.6 Å². The maximum atomic E-state index is 12.9. The summed E-state index contributed by atoms with van der Waals surface area (Å²) >= 11 is 0. The number of nitrogens with one attached hydrogen (secondary N) is 2. The van der Waals surface area contributed by atoms with Gasteiger partial charge in [-0.25, -0.2) is 4.98 Å². The van der Waals surface area contributed by atoms with E-state index >= 15 is 0 Å². The van der Waals surface area contributed by atoms with Gasteiger partial charge in [0.25, 0.3) is 11.8 Å². The van der Waals surface area contributed by atoms with Crippen LogP contribution in [0.1, 0.15) is 38.0 Å². The number of hydrogen-bond donors (Lipinski definition) is 2. The third kappa shape index (κ3) is 4.02. The number of methoxy groups -OCH3 is 1. The molecule has 1 aromatic heterocycles. The van der Waals surface area contributed by atoms with Crippen LogP contribution < -0.4 is 10.6 Å². The Labute approximate surface area is 169 Å². The number of ether oxygens (including phenoxy) is 2. The number of fused-ring (bicyclic) bond motifs is 1. The summed E-state index contributed by atoms with van der Waals surface area (Å²) in [7, 11) is 3.17. The number of rotatable bonds is 7. The van der Waals surface area contributed by atoms with Crippen molar-refractivity contribution >= 4 is 11.8 Å². The van der Waals surface area contributed by atoms with Gasteiger partial charge in [-0.3, -0.25) is 9.59 Å². The van der Waals surface area contributed by atoms with Crippen LogP contribution in [0.15, 0.2) is 42.5 Å². The highest BCUT2D eigenvalue weighted by Gasteiger charge is 2.54. The predicted octanol–water partition coefficient (Wildman–Crippen LogP) is 1.59. The molecule has 0 unspecified atom stereocenters. The number of amides is 2. The molecule has 1 aromatic carbocycles. The topological polar surface area (TPSA) is 89.6 Å². The molecule has 1 saturated carbocycles. The van der Waals surface area contributed by atoms with Crippen LogP contribution in [0.2, 0.25) is 0 Å². The lowest BCUT2D eigenvalue weighted by atomic mass is 9.94. The fourth-order valence-corrected chi connectivity index (χ4v) is 4.00. The van der Waals surface area contributed by atoms with Gasteiger partial charge in [-0.15, -0.1) is 0 Å². The van der Waals surface area contributed by atoms with Gasteiger partial charge < -0.3 is 20.1 Å². The third-order valence-corrected chi connectivity index (χ3v) is 5.71. The molecular formula is C22H25N3O4. The zero-order chi connectivity index (χ0) is 20.4. The van der Waals surface area contributed by atoms with E-state index in [0.29, 0.717) is 42.9 Å². The second-order valence-corrected chi connectivity index (χ2v) is 7.53. The van der Waals surface area contributed by atoms with Gasteiger partial charge in [0.15, 0.2) is 0 Å². The number of pyridine rings is 1. The summed E-state index contributed by atoms with van der Waals surface area (Å²) < 4.78 is 10.8. The zero-order valence-corrected chi connectivity index (χ0v) is 16.6. The Morgan fingerprint density at radius 3 is 2.55 bits per heavy atom. The first-order valence-electron chi connectivity index (χ1n) is 9.79. The summed E-state index contributed by atoms with van der Waals surface area (Å²) in [4.78, 5) is 29.8. The van der Waals surface area contributed by atoms with Crippen LogP contribution in [0.3, 0.4) is 0 Å². The largest absolute Gasteiger partial charge is 0.384 e. The molecule has 7 nitrogen and oxygen atoms in total. The monoisotopic (exact) mass is 395 g/mol. The SMILES string of the molecule is CNC(=O)c1cc(C(=O)N[C@H]2[C@@H]3COC[C@@H]32)cc([C@H](COC)c2ccccc2)n1. The Kier molecular flexibility index (Phi) is 5.60. The van der Waals surface area contributed by atoms with Gasteiger partial charge >= 0.3 is 0 Å².